The second-order valence-corrected chi connectivity index (χ2v) is 4.05. The van der Waals surface area contributed by atoms with Crippen molar-refractivity contribution in [3.05, 3.63) is 23.9 Å². The van der Waals surface area contributed by atoms with E-state index < -0.39 is 23.7 Å². The van der Waals surface area contributed by atoms with Gasteiger partial charge in [-0.1, -0.05) is 0 Å². The van der Waals surface area contributed by atoms with Crippen LogP contribution in [-0.4, -0.2) is 37.2 Å². The van der Waals surface area contributed by atoms with Crippen LogP contribution in [0.1, 0.15) is 12.5 Å². The molecule has 1 atom stereocenters. The third-order valence-corrected chi connectivity index (χ3v) is 2.47. The van der Waals surface area contributed by atoms with Gasteiger partial charge in [-0.3, -0.25) is 4.79 Å². The molecule has 0 aliphatic carbocycles. The number of ether oxygens (including phenoxy) is 1. The summed E-state index contributed by atoms with van der Waals surface area (Å²) in [6.07, 6.45) is -3.30. The van der Waals surface area contributed by atoms with Crippen LogP contribution in [-0.2, 0) is 15.7 Å². The van der Waals surface area contributed by atoms with Crippen LogP contribution >= 0.6 is 0 Å². The maximum Gasteiger partial charge on any atom is 0.419 e. The summed E-state index contributed by atoms with van der Waals surface area (Å²) < 4.78 is 43.0. The fourth-order valence-corrected chi connectivity index (χ4v) is 1.45. The van der Waals surface area contributed by atoms with Crippen LogP contribution < -0.4 is 10.6 Å². The van der Waals surface area contributed by atoms with E-state index >= 15 is 0 Å². The lowest BCUT2D eigenvalue weighted by Gasteiger charge is -2.17. The zero-order valence-corrected chi connectivity index (χ0v) is 11.1. The van der Waals surface area contributed by atoms with Crippen molar-refractivity contribution in [2.75, 3.05) is 25.6 Å². The van der Waals surface area contributed by atoms with Gasteiger partial charge in [0.25, 0.3) is 0 Å². The average molecular weight is 291 g/mol. The highest BCUT2D eigenvalue weighted by atomic mass is 19.4. The van der Waals surface area contributed by atoms with Crippen molar-refractivity contribution in [3.8, 4) is 0 Å². The molecule has 1 aromatic rings. The Morgan fingerprint density at radius 1 is 1.50 bits per heavy atom. The van der Waals surface area contributed by atoms with E-state index in [1.165, 1.54) is 26.3 Å². The molecule has 0 aliphatic heterocycles. The smallest absolute Gasteiger partial charge is 0.383 e. The van der Waals surface area contributed by atoms with E-state index in [-0.39, 0.29) is 12.4 Å². The SMILES string of the molecule is COCCNC(=O)C(C)Nc1ncccc1C(F)(F)F. The maximum atomic E-state index is 12.8. The molecule has 0 radical (unpaired) electrons. The number of aromatic nitrogens is 1. The Morgan fingerprint density at radius 3 is 2.80 bits per heavy atom. The van der Waals surface area contributed by atoms with E-state index in [0.717, 1.165) is 6.07 Å². The summed E-state index contributed by atoms with van der Waals surface area (Å²) >= 11 is 0. The molecule has 1 unspecified atom stereocenters. The first-order valence-electron chi connectivity index (χ1n) is 5.91. The maximum absolute atomic E-state index is 12.8. The number of pyridine rings is 1. The molecule has 1 rings (SSSR count). The van der Waals surface area contributed by atoms with Crippen molar-refractivity contribution in [2.24, 2.45) is 0 Å². The Kier molecular flexibility index (Phi) is 5.75. The van der Waals surface area contributed by atoms with Crippen molar-refractivity contribution in [1.29, 1.82) is 0 Å². The molecule has 0 bridgehead atoms. The van der Waals surface area contributed by atoms with Crippen LogP contribution in [0.3, 0.4) is 0 Å². The Bertz CT molecular complexity index is 452. The van der Waals surface area contributed by atoms with Crippen molar-refractivity contribution in [1.82, 2.24) is 10.3 Å². The van der Waals surface area contributed by atoms with Gasteiger partial charge in [0.2, 0.25) is 5.91 Å². The number of hydrogen-bond donors (Lipinski definition) is 2. The summed E-state index contributed by atoms with van der Waals surface area (Å²) in [7, 11) is 1.48. The predicted octanol–water partition coefficient (Wildman–Crippen LogP) is 1.66. The van der Waals surface area contributed by atoms with E-state index in [0.29, 0.717) is 6.61 Å². The molecule has 0 saturated heterocycles. The molecule has 0 fully saturated rings. The molecule has 2 N–H and O–H groups in total. The molecule has 0 saturated carbocycles. The molecule has 20 heavy (non-hydrogen) atoms. The van der Waals surface area contributed by atoms with E-state index in [4.69, 9.17) is 4.74 Å². The lowest BCUT2D eigenvalue weighted by molar-refractivity contribution is -0.137. The second kappa shape index (κ2) is 7.09. The Hall–Kier alpha value is -1.83. The number of rotatable bonds is 6. The molecule has 1 heterocycles. The third kappa shape index (κ3) is 4.69. The van der Waals surface area contributed by atoms with E-state index in [1.807, 2.05) is 0 Å². The Labute approximate surface area is 114 Å². The minimum absolute atomic E-state index is 0.287. The van der Waals surface area contributed by atoms with Crippen LogP contribution in [0.25, 0.3) is 0 Å². The van der Waals surface area contributed by atoms with Gasteiger partial charge in [0.1, 0.15) is 11.9 Å². The Morgan fingerprint density at radius 2 is 2.20 bits per heavy atom. The number of amides is 1. The number of anilines is 1. The minimum Gasteiger partial charge on any atom is -0.383 e. The number of carbonyl (C=O) groups excluding carboxylic acids is 1. The first kappa shape index (κ1) is 16.2. The van der Waals surface area contributed by atoms with Crippen LogP contribution in [0.2, 0.25) is 0 Å². The van der Waals surface area contributed by atoms with Crippen LogP contribution in [0.5, 0.6) is 0 Å². The van der Waals surface area contributed by atoms with Crippen LogP contribution in [0.4, 0.5) is 19.0 Å². The largest absolute Gasteiger partial charge is 0.419 e. The molecule has 1 amide bonds. The summed E-state index contributed by atoms with van der Waals surface area (Å²) in [5.74, 6) is -0.796. The predicted molar refractivity (Wildman–Crippen MR) is 67.2 cm³/mol. The standard InChI is InChI=1S/C12H16F3N3O2/c1-8(11(19)17-6-7-20-2)18-10-9(12(13,14)15)4-3-5-16-10/h3-5,8H,6-7H2,1-2H3,(H,16,18)(H,17,19). The topological polar surface area (TPSA) is 63.2 Å². The zero-order valence-electron chi connectivity index (χ0n) is 11.1. The van der Waals surface area contributed by atoms with Crippen molar-refractivity contribution in [2.45, 2.75) is 19.1 Å². The van der Waals surface area contributed by atoms with E-state index in [9.17, 15) is 18.0 Å². The van der Waals surface area contributed by atoms with Gasteiger partial charge >= 0.3 is 6.18 Å². The quantitative estimate of drug-likeness (QED) is 0.783. The van der Waals surface area contributed by atoms with Gasteiger partial charge in [0, 0.05) is 19.9 Å². The number of hydrogen-bond acceptors (Lipinski definition) is 4. The lowest BCUT2D eigenvalue weighted by atomic mass is 10.2. The number of nitrogens with one attached hydrogen (secondary N) is 2. The highest BCUT2D eigenvalue weighted by molar-refractivity contribution is 5.84. The number of nitrogens with zero attached hydrogens (tertiary/aromatic N) is 1. The molecule has 8 heteroatoms. The first-order chi connectivity index (χ1) is 9.36. The highest BCUT2D eigenvalue weighted by Crippen LogP contribution is 2.33. The van der Waals surface area contributed by atoms with Gasteiger partial charge in [0.05, 0.1) is 12.2 Å². The molecule has 5 nitrogen and oxygen atoms in total. The second-order valence-electron chi connectivity index (χ2n) is 4.05. The summed E-state index contributed by atoms with van der Waals surface area (Å²) in [4.78, 5) is 15.3. The lowest BCUT2D eigenvalue weighted by Crippen LogP contribution is -2.39. The van der Waals surface area contributed by atoms with Gasteiger partial charge in [-0.2, -0.15) is 13.2 Å². The molecule has 0 aromatic carbocycles. The number of alkyl halides is 3. The van der Waals surface area contributed by atoms with Gasteiger partial charge in [0.15, 0.2) is 0 Å². The van der Waals surface area contributed by atoms with E-state index in [1.54, 1.807) is 0 Å². The molecule has 0 spiro atoms. The average Bonchev–Trinajstić information content (AvgIpc) is 2.38. The normalized spacial score (nSPS) is 12.8. The monoisotopic (exact) mass is 291 g/mol. The summed E-state index contributed by atoms with van der Waals surface area (Å²) in [5.41, 5.74) is -0.906. The van der Waals surface area contributed by atoms with Gasteiger partial charge in [-0.15, -0.1) is 0 Å². The number of carbonyl (C=O) groups is 1. The minimum atomic E-state index is -4.52. The van der Waals surface area contributed by atoms with Crippen molar-refractivity contribution in [3.63, 3.8) is 0 Å². The Balaban J connectivity index is 2.71. The van der Waals surface area contributed by atoms with E-state index in [2.05, 4.69) is 15.6 Å². The summed E-state index contributed by atoms with van der Waals surface area (Å²) in [5, 5.41) is 4.99. The van der Waals surface area contributed by atoms with Crippen LogP contribution in [0.15, 0.2) is 18.3 Å². The molecule has 1 aromatic heterocycles. The highest BCUT2D eigenvalue weighted by Gasteiger charge is 2.34. The summed E-state index contributed by atoms with van der Waals surface area (Å²) in [6, 6.07) is 1.25. The first-order valence-corrected chi connectivity index (χ1v) is 5.91. The fraction of sp³-hybridized carbons (Fsp3) is 0.500. The third-order valence-electron chi connectivity index (χ3n) is 2.47. The van der Waals surface area contributed by atoms with Crippen molar-refractivity contribution >= 4 is 11.7 Å². The fourth-order valence-electron chi connectivity index (χ4n) is 1.45. The molecule has 0 aliphatic rings. The molecular weight excluding hydrogens is 275 g/mol. The van der Waals surface area contributed by atoms with Gasteiger partial charge < -0.3 is 15.4 Å². The number of halogens is 3. The molecular formula is C12H16F3N3O2. The molecule has 112 valence electrons. The van der Waals surface area contributed by atoms with Crippen molar-refractivity contribution < 1.29 is 22.7 Å². The zero-order chi connectivity index (χ0) is 15.2. The van der Waals surface area contributed by atoms with Gasteiger partial charge in [-0.25, -0.2) is 4.98 Å². The number of methoxy groups -OCH3 is 1. The summed E-state index contributed by atoms with van der Waals surface area (Å²) in [6.45, 7) is 2.07. The van der Waals surface area contributed by atoms with Crippen LogP contribution in [0, 0.1) is 0 Å². The van der Waals surface area contributed by atoms with Gasteiger partial charge in [-0.05, 0) is 19.1 Å².